The Bertz CT molecular complexity index is 974. The molecule has 0 aromatic heterocycles. The van der Waals surface area contributed by atoms with Crippen molar-refractivity contribution in [2.45, 2.75) is 25.0 Å². The summed E-state index contributed by atoms with van der Waals surface area (Å²) in [5.74, 6) is -0.965. The first-order valence-electron chi connectivity index (χ1n) is 9.83. The Balaban J connectivity index is 1.80. The second-order valence-electron chi connectivity index (χ2n) is 7.41. The van der Waals surface area contributed by atoms with E-state index in [1.165, 1.54) is 24.1 Å². The lowest BCUT2D eigenvalue weighted by molar-refractivity contribution is -0.140. The summed E-state index contributed by atoms with van der Waals surface area (Å²) in [4.78, 5) is 27.3. The van der Waals surface area contributed by atoms with Crippen LogP contribution in [-0.2, 0) is 14.3 Å². The zero-order chi connectivity index (χ0) is 21.3. The molecule has 2 N–H and O–H groups in total. The van der Waals surface area contributed by atoms with Crippen LogP contribution in [0.1, 0.15) is 30.0 Å². The standard InChI is InChI=1S/C23H23NO6/c1-29-17-10-6-15(7-11-17)21(26)19-20(14-4-8-16(25)9-5-14)24(23(28)22(19)27)13-18-3-2-12-30-18/h4-11,18,20,25-26H,2-3,12-13H2,1H3/t18-,20+/m0/s1. The number of aliphatic hydroxyl groups excluding tert-OH is 1. The zero-order valence-electron chi connectivity index (χ0n) is 16.6. The van der Waals surface area contributed by atoms with Gasteiger partial charge in [-0.1, -0.05) is 12.1 Å². The van der Waals surface area contributed by atoms with Gasteiger partial charge in [0, 0.05) is 18.7 Å². The molecule has 2 saturated heterocycles. The van der Waals surface area contributed by atoms with E-state index >= 15 is 0 Å². The number of phenols is 1. The van der Waals surface area contributed by atoms with Crippen molar-refractivity contribution in [3.05, 3.63) is 65.2 Å². The van der Waals surface area contributed by atoms with Gasteiger partial charge in [0.1, 0.15) is 17.3 Å². The maximum atomic E-state index is 13.0. The van der Waals surface area contributed by atoms with Crippen LogP contribution in [-0.4, -0.2) is 53.2 Å². The molecule has 2 atom stereocenters. The molecule has 1 amide bonds. The molecule has 7 nitrogen and oxygen atoms in total. The van der Waals surface area contributed by atoms with Crippen LogP contribution in [0.25, 0.3) is 5.76 Å². The third kappa shape index (κ3) is 3.64. The van der Waals surface area contributed by atoms with E-state index in [9.17, 15) is 19.8 Å². The molecule has 0 radical (unpaired) electrons. The number of rotatable bonds is 5. The van der Waals surface area contributed by atoms with Gasteiger partial charge in [0.2, 0.25) is 0 Å². The molecule has 2 heterocycles. The molecule has 0 bridgehead atoms. The molecule has 2 aromatic carbocycles. The summed E-state index contributed by atoms with van der Waals surface area (Å²) in [7, 11) is 1.54. The quantitative estimate of drug-likeness (QED) is 0.448. The predicted molar refractivity (Wildman–Crippen MR) is 109 cm³/mol. The molecule has 2 fully saturated rings. The van der Waals surface area contributed by atoms with E-state index in [-0.39, 0.29) is 29.7 Å². The number of methoxy groups -OCH3 is 1. The third-order valence-corrected chi connectivity index (χ3v) is 5.54. The van der Waals surface area contributed by atoms with Crippen LogP contribution in [0.3, 0.4) is 0 Å². The lowest BCUT2D eigenvalue weighted by Crippen LogP contribution is -2.36. The first-order chi connectivity index (χ1) is 14.5. The summed E-state index contributed by atoms with van der Waals surface area (Å²) in [6, 6.07) is 12.1. The lowest BCUT2D eigenvalue weighted by atomic mass is 9.95. The number of carbonyl (C=O) groups excluding carboxylic acids is 2. The van der Waals surface area contributed by atoms with Gasteiger partial charge in [-0.2, -0.15) is 0 Å². The molecular weight excluding hydrogens is 386 g/mol. The maximum Gasteiger partial charge on any atom is 0.295 e. The SMILES string of the molecule is COc1ccc(C(O)=C2C(=O)C(=O)N(C[C@@H]3CCCO3)[C@@H]2c2ccc(O)cc2)cc1. The monoisotopic (exact) mass is 409 g/mol. The van der Waals surface area contributed by atoms with Gasteiger partial charge in [-0.05, 0) is 54.8 Å². The van der Waals surface area contributed by atoms with E-state index in [1.807, 2.05) is 0 Å². The van der Waals surface area contributed by atoms with Gasteiger partial charge in [-0.3, -0.25) is 9.59 Å². The summed E-state index contributed by atoms with van der Waals surface area (Å²) in [5.41, 5.74) is 1.06. The van der Waals surface area contributed by atoms with E-state index < -0.39 is 17.7 Å². The Morgan fingerprint density at radius 3 is 2.43 bits per heavy atom. The van der Waals surface area contributed by atoms with Crippen molar-refractivity contribution in [1.29, 1.82) is 0 Å². The average Bonchev–Trinajstić information content (AvgIpc) is 3.36. The number of phenolic OH excluding ortho intramolecular Hbond substituents is 1. The molecule has 156 valence electrons. The van der Waals surface area contributed by atoms with Crippen molar-refractivity contribution < 1.29 is 29.3 Å². The van der Waals surface area contributed by atoms with Gasteiger partial charge in [0.15, 0.2) is 0 Å². The number of benzene rings is 2. The fourth-order valence-electron chi connectivity index (χ4n) is 3.98. The number of Topliss-reactive ketones (excluding diaryl/α,β-unsaturated/α-hetero) is 1. The highest BCUT2D eigenvalue weighted by atomic mass is 16.5. The van der Waals surface area contributed by atoms with Crippen LogP contribution < -0.4 is 4.74 Å². The van der Waals surface area contributed by atoms with Crippen molar-refractivity contribution in [1.82, 2.24) is 4.90 Å². The van der Waals surface area contributed by atoms with Gasteiger partial charge >= 0.3 is 0 Å². The number of nitrogens with zero attached hydrogens (tertiary/aromatic N) is 1. The highest BCUT2D eigenvalue weighted by Gasteiger charge is 2.47. The third-order valence-electron chi connectivity index (χ3n) is 5.54. The number of aromatic hydroxyl groups is 1. The van der Waals surface area contributed by atoms with E-state index in [1.54, 1.807) is 36.4 Å². The normalized spacial score (nSPS) is 23.2. The number of amides is 1. The Hall–Kier alpha value is -3.32. The molecule has 0 aliphatic carbocycles. The van der Waals surface area contributed by atoms with Gasteiger partial charge in [-0.15, -0.1) is 0 Å². The first-order valence-corrected chi connectivity index (χ1v) is 9.83. The van der Waals surface area contributed by atoms with Crippen molar-refractivity contribution in [2.75, 3.05) is 20.3 Å². The second kappa shape index (κ2) is 8.20. The molecule has 0 unspecified atom stereocenters. The summed E-state index contributed by atoms with van der Waals surface area (Å²) in [6.07, 6.45) is 1.57. The number of aliphatic hydroxyl groups is 1. The molecule has 2 aliphatic rings. The average molecular weight is 409 g/mol. The summed E-state index contributed by atoms with van der Waals surface area (Å²) in [5, 5.41) is 20.7. The minimum Gasteiger partial charge on any atom is -0.508 e. The summed E-state index contributed by atoms with van der Waals surface area (Å²) < 4.78 is 10.8. The molecule has 30 heavy (non-hydrogen) atoms. The number of hydrogen-bond acceptors (Lipinski definition) is 6. The smallest absolute Gasteiger partial charge is 0.295 e. The number of hydrogen-bond donors (Lipinski definition) is 2. The van der Waals surface area contributed by atoms with E-state index in [4.69, 9.17) is 9.47 Å². The van der Waals surface area contributed by atoms with Crippen LogP contribution in [0.15, 0.2) is 54.1 Å². The lowest BCUT2D eigenvalue weighted by Gasteiger charge is -2.27. The van der Waals surface area contributed by atoms with Gasteiger partial charge in [0.05, 0.1) is 24.8 Å². The largest absolute Gasteiger partial charge is 0.508 e. The van der Waals surface area contributed by atoms with Crippen molar-refractivity contribution in [2.24, 2.45) is 0 Å². The Kier molecular flexibility index (Phi) is 5.46. The predicted octanol–water partition coefficient (Wildman–Crippen LogP) is 3.00. The molecule has 7 heteroatoms. The summed E-state index contributed by atoms with van der Waals surface area (Å²) >= 11 is 0. The van der Waals surface area contributed by atoms with Crippen LogP contribution in [0.2, 0.25) is 0 Å². The molecule has 2 aliphatic heterocycles. The maximum absolute atomic E-state index is 13.0. The Morgan fingerprint density at radius 2 is 1.83 bits per heavy atom. The van der Waals surface area contributed by atoms with Gasteiger partial charge in [0.25, 0.3) is 11.7 Å². The number of ether oxygens (including phenoxy) is 2. The van der Waals surface area contributed by atoms with Crippen molar-refractivity contribution in [3.63, 3.8) is 0 Å². The zero-order valence-corrected chi connectivity index (χ0v) is 16.6. The molecule has 0 saturated carbocycles. The number of likely N-dealkylation sites (tertiary alicyclic amines) is 1. The molecule has 4 rings (SSSR count). The topological polar surface area (TPSA) is 96.3 Å². The minimum atomic E-state index is -0.767. The second-order valence-corrected chi connectivity index (χ2v) is 7.41. The summed E-state index contributed by atoms with van der Waals surface area (Å²) in [6.45, 7) is 0.889. The first kappa shape index (κ1) is 20.0. The number of ketones is 1. The van der Waals surface area contributed by atoms with Crippen LogP contribution in [0, 0.1) is 0 Å². The highest BCUT2D eigenvalue weighted by molar-refractivity contribution is 6.46. The fourth-order valence-corrected chi connectivity index (χ4v) is 3.98. The van der Waals surface area contributed by atoms with E-state index in [2.05, 4.69) is 0 Å². The number of carbonyl (C=O) groups is 2. The van der Waals surface area contributed by atoms with Crippen molar-refractivity contribution in [3.8, 4) is 11.5 Å². The van der Waals surface area contributed by atoms with Crippen LogP contribution in [0.5, 0.6) is 11.5 Å². The molecular formula is C23H23NO6. The van der Waals surface area contributed by atoms with Gasteiger partial charge < -0.3 is 24.6 Å². The van der Waals surface area contributed by atoms with E-state index in [0.29, 0.717) is 23.5 Å². The van der Waals surface area contributed by atoms with E-state index in [0.717, 1.165) is 12.8 Å². The van der Waals surface area contributed by atoms with Crippen LogP contribution in [0.4, 0.5) is 0 Å². The Morgan fingerprint density at radius 1 is 1.13 bits per heavy atom. The Labute approximate surface area is 174 Å². The van der Waals surface area contributed by atoms with Gasteiger partial charge in [-0.25, -0.2) is 0 Å². The van der Waals surface area contributed by atoms with Crippen LogP contribution >= 0.6 is 0 Å². The molecule has 2 aromatic rings. The van der Waals surface area contributed by atoms with Crippen molar-refractivity contribution >= 4 is 17.4 Å². The molecule has 0 spiro atoms. The minimum absolute atomic E-state index is 0.0221. The fraction of sp³-hybridized carbons (Fsp3) is 0.304. The highest BCUT2D eigenvalue weighted by Crippen LogP contribution is 2.40.